The zero-order chi connectivity index (χ0) is 9.14. The molecule has 0 saturated heterocycles. The number of isocyanates is 1. The van der Waals surface area contributed by atoms with Crippen LogP contribution in [0.15, 0.2) is 4.99 Å². The summed E-state index contributed by atoms with van der Waals surface area (Å²) in [6, 6.07) is 0. The molecule has 64 valence electrons. The smallest absolute Gasteiger partial charge is 0.235 e. The molecule has 0 N–H and O–H groups in total. The molecule has 0 radical (unpaired) electrons. The molecule has 5 heteroatoms. The number of hydrogen-bond acceptors (Lipinski definition) is 3. The molecule has 12 heavy (non-hydrogen) atoms. The highest BCUT2D eigenvalue weighted by Crippen LogP contribution is 2.18. The summed E-state index contributed by atoms with van der Waals surface area (Å²) in [5.74, 6) is 0. The summed E-state index contributed by atoms with van der Waals surface area (Å²) < 4.78 is 1.55. The van der Waals surface area contributed by atoms with Crippen molar-refractivity contribution in [2.24, 2.45) is 12.0 Å². The normalized spacial score (nSPS) is 9.58. The first kappa shape index (κ1) is 8.97. The summed E-state index contributed by atoms with van der Waals surface area (Å²) in [4.78, 5) is 13.3. The van der Waals surface area contributed by atoms with Gasteiger partial charge in [-0.05, 0) is 6.92 Å². The molecule has 1 aromatic heterocycles. The van der Waals surface area contributed by atoms with Crippen LogP contribution in [0.5, 0.6) is 0 Å². The Morgan fingerprint density at radius 1 is 1.75 bits per heavy atom. The Hall–Kier alpha value is -1.12. The van der Waals surface area contributed by atoms with E-state index in [4.69, 9.17) is 11.6 Å². The number of hydrogen-bond donors (Lipinski definition) is 0. The second-order valence-corrected chi connectivity index (χ2v) is 2.74. The Morgan fingerprint density at radius 2 is 2.42 bits per heavy atom. The Morgan fingerprint density at radius 3 is 2.83 bits per heavy atom. The van der Waals surface area contributed by atoms with Crippen molar-refractivity contribution < 1.29 is 4.79 Å². The van der Waals surface area contributed by atoms with Gasteiger partial charge in [0.05, 0.1) is 12.2 Å². The van der Waals surface area contributed by atoms with E-state index in [-0.39, 0.29) is 6.54 Å². The van der Waals surface area contributed by atoms with Gasteiger partial charge in [0, 0.05) is 12.6 Å². The molecule has 0 aliphatic carbocycles. The molecule has 0 saturated carbocycles. The van der Waals surface area contributed by atoms with Crippen LogP contribution < -0.4 is 0 Å². The number of carbonyl (C=O) groups excluding carboxylic acids is 1. The Labute approximate surface area is 74.9 Å². The summed E-state index contributed by atoms with van der Waals surface area (Å²) in [6.45, 7) is 2.07. The Balaban J connectivity index is 3.04. The van der Waals surface area contributed by atoms with Crippen LogP contribution in [0.1, 0.15) is 11.3 Å². The highest BCUT2D eigenvalue weighted by Gasteiger charge is 2.09. The maximum absolute atomic E-state index is 9.85. The van der Waals surface area contributed by atoms with E-state index < -0.39 is 0 Å². The topological polar surface area (TPSA) is 47.2 Å². The van der Waals surface area contributed by atoms with E-state index in [0.717, 1.165) is 11.3 Å². The molecule has 0 bridgehead atoms. The first-order chi connectivity index (χ1) is 5.66. The molecule has 1 aromatic rings. The van der Waals surface area contributed by atoms with E-state index in [9.17, 15) is 4.79 Å². The van der Waals surface area contributed by atoms with E-state index in [1.54, 1.807) is 11.7 Å². The third-order valence-corrected chi connectivity index (χ3v) is 2.04. The molecule has 0 aliphatic heterocycles. The summed E-state index contributed by atoms with van der Waals surface area (Å²) >= 11 is 5.86. The van der Waals surface area contributed by atoms with Crippen molar-refractivity contribution in [3.8, 4) is 0 Å². The molecule has 0 spiro atoms. The van der Waals surface area contributed by atoms with Crippen molar-refractivity contribution in [3.05, 3.63) is 16.4 Å². The lowest BCUT2D eigenvalue weighted by Gasteiger charge is -1.92. The maximum atomic E-state index is 9.85. The summed E-state index contributed by atoms with van der Waals surface area (Å²) in [5.41, 5.74) is 1.57. The first-order valence-electron chi connectivity index (χ1n) is 3.38. The molecule has 0 unspecified atom stereocenters. The fraction of sp³-hybridized carbons (Fsp3) is 0.429. The van der Waals surface area contributed by atoms with Crippen LogP contribution in [0.2, 0.25) is 5.15 Å². The van der Waals surface area contributed by atoms with Crippen molar-refractivity contribution in [1.29, 1.82) is 0 Å². The van der Waals surface area contributed by atoms with Gasteiger partial charge < -0.3 is 0 Å². The van der Waals surface area contributed by atoms with Crippen LogP contribution in [0.4, 0.5) is 0 Å². The monoisotopic (exact) mass is 185 g/mol. The summed E-state index contributed by atoms with van der Waals surface area (Å²) in [6.07, 6.45) is 1.46. The minimum Gasteiger partial charge on any atom is -0.256 e. The fourth-order valence-electron chi connectivity index (χ4n) is 0.965. The standard InChI is InChI=1S/C7H8ClN3O/c1-5-6(3-9-4-12)7(8)11(2)10-5/h3H2,1-2H3. The van der Waals surface area contributed by atoms with Crippen LogP contribution in [0.3, 0.4) is 0 Å². The van der Waals surface area contributed by atoms with E-state index in [1.165, 1.54) is 6.08 Å². The molecular weight excluding hydrogens is 178 g/mol. The molecule has 4 nitrogen and oxygen atoms in total. The number of rotatable bonds is 2. The lowest BCUT2D eigenvalue weighted by atomic mass is 10.3. The zero-order valence-electron chi connectivity index (χ0n) is 6.83. The van der Waals surface area contributed by atoms with E-state index in [2.05, 4.69) is 10.1 Å². The van der Waals surface area contributed by atoms with Crippen LogP contribution >= 0.6 is 11.6 Å². The molecule has 1 heterocycles. The second kappa shape index (κ2) is 3.52. The lowest BCUT2D eigenvalue weighted by molar-refractivity contribution is 0.562. The largest absolute Gasteiger partial charge is 0.256 e. The predicted molar refractivity (Wildman–Crippen MR) is 44.8 cm³/mol. The van der Waals surface area contributed by atoms with E-state index in [1.807, 2.05) is 6.92 Å². The van der Waals surface area contributed by atoms with Gasteiger partial charge in [0.1, 0.15) is 5.15 Å². The maximum Gasteiger partial charge on any atom is 0.235 e. The minimum atomic E-state index is 0.252. The highest BCUT2D eigenvalue weighted by molar-refractivity contribution is 6.30. The van der Waals surface area contributed by atoms with Crippen LogP contribution in [0, 0.1) is 6.92 Å². The van der Waals surface area contributed by atoms with Crippen molar-refractivity contribution >= 4 is 17.7 Å². The zero-order valence-corrected chi connectivity index (χ0v) is 7.59. The molecule has 0 fully saturated rings. The summed E-state index contributed by atoms with van der Waals surface area (Å²) in [5, 5.41) is 4.58. The average Bonchev–Trinajstić information content (AvgIpc) is 2.25. The summed E-state index contributed by atoms with van der Waals surface area (Å²) in [7, 11) is 1.74. The quantitative estimate of drug-likeness (QED) is 0.514. The van der Waals surface area contributed by atoms with Crippen molar-refractivity contribution in [1.82, 2.24) is 9.78 Å². The van der Waals surface area contributed by atoms with Crippen molar-refractivity contribution in [3.63, 3.8) is 0 Å². The average molecular weight is 186 g/mol. The minimum absolute atomic E-state index is 0.252. The molecule has 0 atom stereocenters. The molecule has 0 aromatic carbocycles. The SMILES string of the molecule is Cc1nn(C)c(Cl)c1CN=C=O. The molecule has 0 aliphatic rings. The number of halogens is 1. The van der Waals surface area contributed by atoms with E-state index in [0.29, 0.717) is 5.15 Å². The Bertz CT molecular complexity index is 339. The van der Waals surface area contributed by atoms with Gasteiger partial charge in [-0.1, -0.05) is 11.6 Å². The number of nitrogens with zero attached hydrogens (tertiary/aromatic N) is 3. The van der Waals surface area contributed by atoms with Gasteiger partial charge in [-0.25, -0.2) is 9.79 Å². The van der Waals surface area contributed by atoms with Gasteiger partial charge >= 0.3 is 0 Å². The van der Waals surface area contributed by atoms with Gasteiger partial charge in [-0.3, -0.25) is 4.68 Å². The van der Waals surface area contributed by atoms with Crippen molar-refractivity contribution in [2.75, 3.05) is 0 Å². The van der Waals surface area contributed by atoms with Gasteiger partial charge in [0.25, 0.3) is 0 Å². The van der Waals surface area contributed by atoms with Gasteiger partial charge in [-0.2, -0.15) is 5.10 Å². The van der Waals surface area contributed by atoms with Gasteiger partial charge in [-0.15, -0.1) is 0 Å². The predicted octanol–water partition coefficient (Wildman–Crippen LogP) is 1.22. The molecule has 0 amide bonds. The van der Waals surface area contributed by atoms with Crippen LogP contribution in [0.25, 0.3) is 0 Å². The third-order valence-electron chi connectivity index (χ3n) is 1.57. The number of aliphatic imine (C=N–C) groups is 1. The Kier molecular flexibility index (Phi) is 2.63. The molecule has 1 rings (SSSR count). The number of aryl methyl sites for hydroxylation is 2. The van der Waals surface area contributed by atoms with Crippen molar-refractivity contribution in [2.45, 2.75) is 13.5 Å². The van der Waals surface area contributed by atoms with E-state index >= 15 is 0 Å². The van der Waals surface area contributed by atoms with Gasteiger partial charge in [0.15, 0.2) is 0 Å². The first-order valence-corrected chi connectivity index (χ1v) is 3.76. The molecular formula is C7H8ClN3O. The number of aromatic nitrogens is 2. The second-order valence-electron chi connectivity index (χ2n) is 2.39. The van der Waals surface area contributed by atoms with Gasteiger partial charge in [0.2, 0.25) is 6.08 Å². The van der Waals surface area contributed by atoms with Crippen LogP contribution in [-0.4, -0.2) is 15.9 Å². The fourth-order valence-corrected chi connectivity index (χ4v) is 1.20. The lowest BCUT2D eigenvalue weighted by Crippen LogP contribution is -1.89. The third kappa shape index (κ3) is 1.55. The highest BCUT2D eigenvalue weighted by atomic mass is 35.5. The van der Waals surface area contributed by atoms with Crippen LogP contribution in [-0.2, 0) is 18.4 Å².